The van der Waals surface area contributed by atoms with E-state index in [1.54, 1.807) is 0 Å². The number of hydrogen-bond acceptors (Lipinski definition) is 30. The first-order valence-corrected chi connectivity index (χ1v) is 30.4. The van der Waals surface area contributed by atoms with Crippen LogP contribution in [0.3, 0.4) is 0 Å². The summed E-state index contributed by atoms with van der Waals surface area (Å²) < 4.78 is 90.3. The van der Waals surface area contributed by atoms with E-state index in [2.05, 4.69) is 0 Å². The zero-order valence-electron chi connectivity index (χ0n) is 54.6. The highest BCUT2D eigenvalue weighted by Crippen LogP contribution is 2.36. The monoisotopic (exact) mass is 1320 g/mol. The lowest BCUT2D eigenvalue weighted by atomic mass is 9.95. The summed E-state index contributed by atoms with van der Waals surface area (Å²) in [5.41, 5.74) is 0. The number of quaternary nitrogens is 4. The van der Waals surface area contributed by atoms with Crippen LogP contribution < -0.4 is 0 Å². The van der Waals surface area contributed by atoms with Gasteiger partial charge in [-0.1, -0.05) is 0 Å². The van der Waals surface area contributed by atoms with Crippen molar-refractivity contribution in [2.24, 2.45) is 0 Å². The normalized spacial score (nSPS) is 39.9. The Hall–Kier alpha value is -1.36. The Bertz CT molecular complexity index is 2040. The topological polar surface area (TPSA) is 442 Å². The second-order valence-electron chi connectivity index (χ2n) is 28.3. The molecule has 532 valence electrons. The molecule has 5 saturated heterocycles. The third-order valence-corrected chi connectivity index (χ3v) is 15.4. The van der Waals surface area contributed by atoms with E-state index in [1.807, 2.05) is 84.6 Å². The molecule has 29 atom stereocenters. The number of ether oxygens (including phenoxy) is 15. The molecule has 5 aliphatic heterocycles. The Morgan fingerprint density at radius 2 is 0.544 bits per heavy atom. The maximum absolute atomic E-state index is 12.1. The Kier molecular flexibility index (Phi) is 30.6. The molecule has 0 saturated carbocycles. The SMILES string of the molecule is CO[C@H]1O[C@@H](CO[C@H]2O[C@@H](COCC(O)C[N+](C)(C)C)[C@H](O)C(O)C2O)[C@@H](O[C@@H]2OC(COCC(O)C[N+](C)(C)C)[C@@H](O[C@H]3O[C@@H](COCC(O)C[N+](C)(C)C)[C@@H](O[C@@H]4OC(COCC(O)C[N+](C)(C)C)[C@@H](OC)[C@@H](O)C4O)C(O)C3O)[C@@H](O)C2O)C(O)C1O. The van der Waals surface area contributed by atoms with Gasteiger partial charge < -0.3 is 166 Å². The molecule has 5 rings (SSSR count). The first-order chi connectivity index (χ1) is 41.7. The average molecular weight is 1320 g/mol. The quantitative estimate of drug-likeness (QED) is 0.0262. The highest BCUT2D eigenvalue weighted by atomic mass is 16.8. The van der Waals surface area contributed by atoms with Crippen molar-refractivity contribution in [3.8, 4) is 0 Å². The van der Waals surface area contributed by atoms with Crippen molar-refractivity contribution in [1.82, 2.24) is 0 Å². The molecule has 0 aromatic heterocycles. The molecule has 0 radical (unpaired) electrons. The van der Waals surface area contributed by atoms with Crippen molar-refractivity contribution in [2.45, 2.75) is 178 Å². The highest BCUT2D eigenvalue weighted by Gasteiger charge is 2.56. The number of rotatable bonds is 35. The molecule has 0 spiro atoms. The van der Waals surface area contributed by atoms with E-state index in [0.29, 0.717) is 31.0 Å². The van der Waals surface area contributed by atoms with E-state index >= 15 is 0 Å². The smallest absolute Gasteiger partial charge is 0.187 e. The Morgan fingerprint density at radius 1 is 0.289 bits per heavy atom. The minimum absolute atomic E-state index is 0.128. The van der Waals surface area contributed by atoms with Crippen LogP contribution in [-0.2, 0) is 71.1 Å². The van der Waals surface area contributed by atoms with Gasteiger partial charge in [-0.2, -0.15) is 0 Å². The molecule has 0 bridgehead atoms. The number of aliphatic hydroxyl groups is 15. The third kappa shape index (κ3) is 23.7. The number of hydrogen-bond donors (Lipinski definition) is 15. The van der Waals surface area contributed by atoms with Crippen LogP contribution in [0.5, 0.6) is 0 Å². The van der Waals surface area contributed by atoms with Crippen molar-refractivity contribution in [1.29, 1.82) is 0 Å². The van der Waals surface area contributed by atoms with Gasteiger partial charge >= 0.3 is 0 Å². The van der Waals surface area contributed by atoms with Crippen molar-refractivity contribution >= 4 is 0 Å². The molecule has 14 unspecified atom stereocenters. The number of methoxy groups -OCH3 is 2. The van der Waals surface area contributed by atoms with Gasteiger partial charge in [0.15, 0.2) is 31.5 Å². The van der Waals surface area contributed by atoms with E-state index in [4.69, 9.17) is 71.1 Å². The number of likely N-dealkylation sites (N-methyl/N-ethyl adjacent to an activating group) is 4. The zero-order chi connectivity index (χ0) is 67.5. The molecule has 34 nitrogen and oxygen atoms in total. The molecule has 0 aromatic rings. The average Bonchev–Trinajstić information content (AvgIpc) is 0.812. The van der Waals surface area contributed by atoms with Gasteiger partial charge in [0.1, 0.15) is 173 Å². The Morgan fingerprint density at radius 3 is 0.856 bits per heavy atom. The van der Waals surface area contributed by atoms with Crippen molar-refractivity contribution in [3.05, 3.63) is 0 Å². The zero-order valence-corrected chi connectivity index (χ0v) is 54.6. The maximum Gasteiger partial charge on any atom is 0.187 e. The summed E-state index contributed by atoms with van der Waals surface area (Å²) in [4.78, 5) is 0. The van der Waals surface area contributed by atoms with Crippen LogP contribution in [0.25, 0.3) is 0 Å². The van der Waals surface area contributed by atoms with Crippen LogP contribution in [-0.4, -0.2) is 457 Å². The summed E-state index contributed by atoms with van der Waals surface area (Å²) in [6.45, 7) is -2.08. The molecule has 5 aliphatic rings. The van der Waals surface area contributed by atoms with E-state index in [1.165, 1.54) is 14.2 Å². The molecule has 34 heteroatoms. The fourth-order valence-corrected chi connectivity index (χ4v) is 11.4. The van der Waals surface area contributed by atoms with Crippen LogP contribution in [0, 0.1) is 0 Å². The molecule has 0 aliphatic carbocycles. The van der Waals surface area contributed by atoms with Crippen molar-refractivity contribution < 1.29 is 166 Å². The van der Waals surface area contributed by atoms with Gasteiger partial charge in [-0.15, -0.1) is 0 Å². The van der Waals surface area contributed by atoms with E-state index in [9.17, 15) is 76.6 Å². The minimum Gasteiger partial charge on any atom is -0.387 e. The number of aliphatic hydroxyl groups excluding tert-OH is 15. The predicted molar refractivity (Wildman–Crippen MR) is 307 cm³/mol. The summed E-state index contributed by atoms with van der Waals surface area (Å²) in [5, 5.41) is 169. The molecule has 90 heavy (non-hydrogen) atoms. The molecular formula is C56H112N4O30+4. The first kappa shape index (κ1) is 79.3. The summed E-state index contributed by atoms with van der Waals surface area (Å²) in [6.07, 6.45) is -47.1. The summed E-state index contributed by atoms with van der Waals surface area (Å²) in [6, 6.07) is 0. The largest absolute Gasteiger partial charge is 0.387 e. The molecule has 5 heterocycles. The van der Waals surface area contributed by atoms with E-state index in [-0.39, 0.29) is 52.7 Å². The summed E-state index contributed by atoms with van der Waals surface area (Å²) in [7, 11) is 24.8. The van der Waals surface area contributed by atoms with Crippen LogP contribution in [0.2, 0.25) is 0 Å². The van der Waals surface area contributed by atoms with Crippen molar-refractivity contribution in [3.63, 3.8) is 0 Å². The third-order valence-electron chi connectivity index (χ3n) is 15.4. The lowest BCUT2D eigenvalue weighted by molar-refractivity contribution is -0.873. The number of nitrogens with zero attached hydrogens (tertiary/aromatic N) is 4. The van der Waals surface area contributed by atoms with Gasteiger partial charge in [-0.3, -0.25) is 0 Å². The first-order valence-electron chi connectivity index (χ1n) is 30.4. The second-order valence-corrected chi connectivity index (χ2v) is 28.3. The highest BCUT2D eigenvalue weighted by molar-refractivity contribution is 4.99. The predicted octanol–water partition coefficient (Wildman–Crippen LogP) is -10.3. The standard InChI is InChI=1S/C56H112N4O30/c1-57(2,3)15-28(61)19-78-23-32-37(65)38(66)43(71)53(83-32)82-27-36-51(40(68)44(72)52(77-14)84-36)90-56-47(75)42(70)50(35(87-56)26-81-22-31(64)18-60(10,11)12)89-55-46(74)41(69)49(34(86-55)25-80-21-30(63)17-59(7,8)9)88-54-45(73)39(67)48(76-13)33(85-54)24-79-20-29(62)16-58(4,5)6/h28-56,61-75H,15-27H2,1-14H3/q+4/t28?,29?,30?,31?,32-,33?,34-,35?,36-,37-,38?,39-,40?,41?,42-,43?,44?,45?,46?,47?,48+,49+,50+,51+,52-,53-,54-,55+,56-/m0/s1. The van der Waals surface area contributed by atoms with Crippen molar-refractivity contribution in [2.75, 3.05) is 184 Å². The Balaban J connectivity index is 1.39. The second kappa shape index (κ2) is 34.7. The van der Waals surface area contributed by atoms with Gasteiger partial charge in [0.05, 0.1) is 144 Å². The van der Waals surface area contributed by atoms with Crippen LogP contribution in [0.4, 0.5) is 0 Å². The van der Waals surface area contributed by atoms with Gasteiger partial charge in [-0.05, 0) is 0 Å². The van der Waals surface area contributed by atoms with Gasteiger partial charge in [0, 0.05) is 14.2 Å². The van der Waals surface area contributed by atoms with Crippen LogP contribution in [0.1, 0.15) is 0 Å². The molecule has 15 N–H and O–H groups in total. The van der Waals surface area contributed by atoms with Crippen LogP contribution in [0.15, 0.2) is 0 Å². The van der Waals surface area contributed by atoms with Gasteiger partial charge in [0.25, 0.3) is 0 Å². The summed E-state index contributed by atoms with van der Waals surface area (Å²) >= 11 is 0. The minimum atomic E-state index is -2.14. The lowest BCUT2D eigenvalue weighted by Crippen LogP contribution is -2.68. The maximum atomic E-state index is 12.1. The Labute approximate surface area is 526 Å². The summed E-state index contributed by atoms with van der Waals surface area (Å²) in [5.74, 6) is 0. The van der Waals surface area contributed by atoms with E-state index < -0.39 is 198 Å². The fraction of sp³-hybridized carbons (Fsp3) is 1.00. The van der Waals surface area contributed by atoms with Gasteiger partial charge in [-0.25, -0.2) is 0 Å². The fourth-order valence-electron chi connectivity index (χ4n) is 11.4. The van der Waals surface area contributed by atoms with Gasteiger partial charge in [0.2, 0.25) is 0 Å². The molecule has 5 fully saturated rings. The molecule has 0 amide bonds. The lowest BCUT2D eigenvalue weighted by Gasteiger charge is -2.49. The van der Waals surface area contributed by atoms with Crippen LogP contribution >= 0.6 is 0 Å². The molecular weight excluding hydrogens is 1210 g/mol. The van der Waals surface area contributed by atoms with E-state index in [0.717, 1.165) is 0 Å². The molecule has 0 aromatic carbocycles.